The Balaban J connectivity index is 1.52. The van der Waals surface area contributed by atoms with Gasteiger partial charge in [0.05, 0.1) is 10.9 Å². The molecule has 0 aromatic heterocycles. The monoisotopic (exact) mass is 481 g/mol. The van der Waals surface area contributed by atoms with Crippen LogP contribution in [-0.4, -0.2) is 42.8 Å². The molecule has 3 aromatic rings. The van der Waals surface area contributed by atoms with E-state index in [0.29, 0.717) is 25.3 Å². The molecule has 8 heteroatoms. The molecule has 0 bridgehead atoms. The van der Waals surface area contributed by atoms with E-state index < -0.39 is 15.4 Å². The van der Waals surface area contributed by atoms with Crippen LogP contribution in [0.2, 0.25) is 0 Å². The number of nitrogens with one attached hydrogen (secondary N) is 1. The molecule has 1 saturated heterocycles. The summed E-state index contributed by atoms with van der Waals surface area (Å²) in [6.45, 7) is 0.700. The Bertz CT molecular complexity index is 1170. The lowest BCUT2D eigenvalue weighted by Gasteiger charge is -2.25. The van der Waals surface area contributed by atoms with Crippen LogP contribution in [0.3, 0.4) is 0 Å². The molecule has 3 N–H and O–H groups in total. The summed E-state index contributed by atoms with van der Waals surface area (Å²) in [4.78, 5) is 13.3. The predicted molar refractivity (Wildman–Crippen MR) is 133 cm³/mol. The fourth-order valence-corrected chi connectivity index (χ4v) is 6.99. The number of amides is 1. The van der Waals surface area contributed by atoms with Gasteiger partial charge < -0.3 is 11.1 Å². The number of benzene rings is 3. The summed E-state index contributed by atoms with van der Waals surface area (Å²) in [5, 5.41) is 2.20. The van der Waals surface area contributed by atoms with Gasteiger partial charge in [-0.05, 0) is 41.8 Å². The Hall–Kier alpha value is -2.65. The van der Waals surface area contributed by atoms with Crippen molar-refractivity contribution in [3.8, 4) is 11.1 Å². The number of nitrogens with zero attached hydrogens (tertiary/aromatic N) is 1. The average molecular weight is 482 g/mol. The molecule has 1 aliphatic heterocycles. The van der Waals surface area contributed by atoms with E-state index in [4.69, 9.17) is 5.73 Å². The Kier molecular flexibility index (Phi) is 7.49. The fraction of sp³-hybridized carbons (Fsp3) is 0.240. The van der Waals surface area contributed by atoms with Gasteiger partial charge in [0.25, 0.3) is 0 Å². The third kappa shape index (κ3) is 5.30. The molecule has 0 spiro atoms. The minimum Gasteiger partial charge on any atom is -0.347 e. The molecule has 2 atom stereocenters. The quantitative estimate of drug-likeness (QED) is 0.513. The lowest BCUT2D eigenvalue weighted by molar-refractivity contribution is -0.122. The van der Waals surface area contributed by atoms with Crippen LogP contribution in [0.15, 0.2) is 89.8 Å². The SMILES string of the molecule is NCC[C@H](NC(=O)[C@@H]1SCCN1S(=O)(=O)c1ccc(-c2ccccc2)cc1)c1ccccc1. The number of rotatable bonds is 8. The molecule has 1 aliphatic rings. The van der Waals surface area contributed by atoms with E-state index in [-0.39, 0.29) is 16.8 Å². The highest BCUT2D eigenvalue weighted by Gasteiger charge is 2.40. The van der Waals surface area contributed by atoms with Crippen molar-refractivity contribution in [2.75, 3.05) is 18.8 Å². The van der Waals surface area contributed by atoms with Gasteiger partial charge in [0.15, 0.2) is 0 Å². The highest BCUT2D eigenvalue weighted by atomic mass is 32.2. The summed E-state index contributed by atoms with van der Waals surface area (Å²) >= 11 is 1.34. The number of nitrogens with two attached hydrogens (primary N) is 1. The number of hydrogen-bond acceptors (Lipinski definition) is 5. The first-order valence-corrected chi connectivity index (χ1v) is 13.3. The number of carbonyl (C=O) groups excluding carboxylic acids is 1. The van der Waals surface area contributed by atoms with Gasteiger partial charge in [0, 0.05) is 12.3 Å². The van der Waals surface area contributed by atoms with Gasteiger partial charge in [-0.15, -0.1) is 11.8 Å². The summed E-state index contributed by atoms with van der Waals surface area (Å²) in [6, 6.07) is 25.9. The second kappa shape index (κ2) is 10.5. The molecule has 1 fully saturated rings. The molecular formula is C25H27N3O3S2. The van der Waals surface area contributed by atoms with Crippen LogP contribution in [0.4, 0.5) is 0 Å². The zero-order chi connectivity index (χ0) is 23.3. The van der Waals surface area contributed by atoms with Crippen LogP contribution in [0, 0.1) is 0 Å². The molecule has 0 saturated carbocycles. The van der Waals surface area contributed by atoms with Crippen molar-refractivity contribution < 1.29 is 13.2 Å². The van der Waals surface area contributed by atoms with Crippen LogP contribution >= 0.6 is 11.8 Å². The predicted octanol–water partition coefficient (Wildman–Crippen LogP) is 3.62. The van der Waals surface area contributed by atoms with E-state index in [2.05, 4.69) is 5.32 Å². The molecule has 0 radical (unpaired) electrons. The third-order valence-electron chi connectivity index (χ3n) is 5.62. The first-order valence-electron chi connectivity index (χ1n) is 10.8. The van der Waals surface area contributed by atoms with Gasteiger partial charge in [0.2, 0.25) is 15.9 Å². The first-order chi connectivity index (χ1) is 16.0. The molecule has 1 amide bonds. The van der Waals surface area contributed by atoms with Gasteiger partial charge >= 0.3 is 0 Å². The average Bonchev–Trinajstić information content (AvgIpc) is 3.36. The van der Waals surface area contributed by atoms with Crippen LogP contribution in [0.25, 0.3) is 11.1 Å². The number of carbonyl (C=O) groups is 1. The van der Waals surface area contributed by atoms with E-state index in [1.54, 1.807) is 24.3 Å². The summed E-state index contributed by atoms with van der Waals surface area (Å²) < 4.78 is 28.1. The highest BCUT2D eigenvalue weighted by molar-refractivity contribution is 8.02. The Labute approximate surface area is 199 Å². The minimum absolute atomic E-state index is 0.184. The van der Waals surface area contributed by atoms with Crippen molar-refractivity contribution >= 4 is 27.7 Å². The van der Waals surface area contributed by atoms with E-state index >= 15 is 0 Å². The second-order valence-corrected chi connectivity index (χ2v) is 10.9. The van der Waals surface area contributed by atoms with Gasteiger partial charge in [-0.1, -0.05) is 72.8 Å². The normalized spacial score (nSPS) is 17.5. The fourth-order valence-electron chi connectivity index (χ4n) is 3.91. The topological polar surface area (TPSA) is 92.5 Å². The van der Waals surface area contributed by atoms with Crippen LogP contribution in [0.5, 0.6) is 0 Å². The Morgan fingerprint density at radius 1 is 0.970 bits per heavy atom. The molecule has 33 heavy (non-hydrogen) atoms. The number of hydrogen-bond donors (Lipinski definition) is 2. The van der Waals surface area contributed by atoms with Gasteiger partial charge in [-0.2, -0.15) is 4.31 Å². The standard InChI is InChI=1S/C25H27N3O3S2/c26-16-15-23(21-9-5-2-6-10-21)27-24(29)25-28(17-18-32-25)33(30,31)22-13-11-20(12-14-22)19-7-3-1-4-8-19/h1-14,23,25H,15-18,26H2,(H,27,29)/t23-,25-/m0/s1. The van der Waals surface area contributed by atoms with Crippen molar-refractivity contribution in [3.63, 3.8) is 0 Å². The summed E-state index contributed by atoms with van der Waals surface area (Å²) in [5.74, 6) is 0.246. The summed E-state index contributed by atoms with van der Waals surface area (Å²) in [7, 11) is -3.82. The molecule has 1 heterocycles. The Morgan fingerprint density at radius 3 is 2.21 bits per heavy atom. The van der Waals surface area contributed by atoms with E-state index in [9.17, 15) is 13.2 Å². The van der Waals surface area contributed by atoms with E-state index in [1.165, 1.54) is 16.1 Å². The van der Waals surface area contributed by atoms with Crippen LogP contribution in [0.1, 0.15) is 18.0 Å². The molecule has 4 rings (SSSR count). The molecule has 172 valence electrons. The lowest BCUT2D eigenvalue weighted by atomic mass is 10.0. The first kappa shape index (κ1) is 23.5. The minimum atomic E-state index is -3.82. The summed E-state index contributed by atoms with van der Waals surface area (Å²) in [6.07, 6.45) is 0.570. The number of sulfonamides is 1. The van der Waals surface area contributed by atoms with Gasteiger partial charge in [-0.3, -0.25) is 4.79 Å². The third-order valence-corrected chi connectivity index (χ3v) is 8.83. The zero-order valence-electron chi connectivity index (χ0n) is 18.1. The maximum atomic E-state index is 13.4. The molecule has 0 aliphatic carbocycles. The van der Waals surface area contributed by atoms with Crippen LogP contribution < -0.4 is 11.1 Å². The summed E-state index contributed by atoms with van der Waals surface area (Å²) in [5.41, 5.74) is 8.66. The van der Waals surface area contributed by atoms with Crippen LogP contribution in [-0.2, 0) is 14.8 Å². The maximum absolute atomic E-state index is 13.4. The van der Waals surface area contributed by atoms with E-state index in [0.717, 1.165) is 16.7 Å². The van der Waals surface area contributed by atoms with Crippen molar-refractivity contribution in [3.05, 3.63) is 90.5 Å². The molecule has 6 nitrogen and oxygen atoms in total. The van der Waals surface area contributed by atoms with Gasteiger partial charge in [0.1, 0.15) is 5.37 Å². The zero-order valence-corrected chi connectivity index (χ0v) is 19.8. The lowest BCUT2D eigenvalue weighted by Crippen LogP contribution is -2.45. The number of thioether (sulfide) groups is 1. The largest absolute Gasteiger partial charge is 0.347 e. The van der Waals surface area contributed by atoms with Crippen molar-refractivity contribution in [1.29, 1.82) is 0 Å². The Morgan fingerprint density at radius 2 is 1.58 bits per heavy atom. The van der Waals surface area contributed by atoms with E-state index in [1.807, 2.05) is 60.7 Å². The molecule has 0 unspecified atom stereocenters. The van der Waals surface area contributed by atoms with Crippen molar-refractivity contribution in [2.45, 2.75) is 22.7 Å². The second-order valence-electron chi connectivity index (χ2n) is 7.78. The molecular weight excluding hydrogens is 454 g/mol. The highest BCUT2D eigenvalue weighted by Crippen LogP contribution is 2.32. The van der Waals surface area contributed by atoms with Crippen molar-refractivity contribution in [2.24, 2.45) is 5.73 Å². The van der Waals surface area contributed by atoms with Gasteiger partial charge in [-0.25, -0.2) is 8.42 Å². The van der Waals surface area contributed by atoms with Crippen molar-refractivity contribution in [1.82, 2.24) is 9.62 Å². The smallest absolute Gasteiger partial charge is 0.249 e. The maximum Gasteiger partial charge on any atom is 0.249 e. The molecule has 3 aromatic carbocycles.